The summed E-state index contributed by atoms with van der Waals surface area (Å²) in [6.07, 6.45) is 1.48. The zero-order valence-corrected chi connectivity index (χ0v) is 8.95. The lowest BCUT2D eigenvalue weighted by molar-refractivity contribution is -0.160. The highest BCUT2D eigenvalue weighted by Crippen LogP contribution is 2.03. The van der Waals surface area contributed by atoms with Crippen LogP contribution in [0.25, 0.3) is 0 Å². The Bertz CT molecular complexity index is 221. The van der Waals surface area contributed by atoms with Gasteiger partial charge in [0.15, 0.2) is 0 Å². The Morgan fingerprint density at radius 1 is 1.43 bits per heavy atom. The minimum absolute atomic E-state index is 0.533. The molecule has 0 saturated heterocycles. The molecule has 14 heavy (non-hydrogen) atoms. The largest absolute Gasteiger partial charge is 0.392 e. The molecule has 80 valence electrons. The third-order valence-electron chi connectivity index (χ3n) is 1.91. The Hall–Kier alpha value is -1.16. The van der Waals surface area contributed by atoms with Crippen LogP contribution in [0.1, 0.15) is 20.8 Å². The number of hydrogen-bond donors (Lipinski definition) is 0. The highest BCUT2D eigenvalue weighted by molar-refractivity contribution is 5.88. The molecular weight excluding hydrogens is 182 g/mol. The summed E-state index contributed by atoms with van der Waals surface area (Å²) in [5.41, 5.74) is 0. The number of likely N-dealkylation sites (N-methyl/N-ethyl adjacent to an activating group) is 1. The van der Waals surface area contributed by atoms with Crippen LogP contribution in [0, 0.1) is 0 Å². The molecule has 0 aromatic carbocycles. The molecule has 4 heteroatoms. The van der Waals surface area contributed by atoms with Crippen molar-refractivity contribution in [3.05, 3.63) is 12.7 Å². The lowest BCUT2D eigenvalue weighted by Crippen LogP contribution is -2.41. The monoisotopic (exact) mass is 199 g/mol. The maximum Gasteiger partial charge on any atom is 0.335 e. The van der Waals surface area contributed by atoms with E-state index in [0.717, 1.165) is 0 Å². The number of ether oxygens (including phenoxy) is 1. The zero-order valence-electron chi connectivity index (χ0n) is 8.95. The van der Waals surface area contributed by atoms with Crippen LogP contribution in [0.5, 0.6) is 0 Å². The van der Waals surface area contributed by atoms with Gasteiger partial charge in [0.25, 0.3) is 0 Å². The van der Waals surface area contributed by atoms with Gasteiger partial charge in [-0.3, -0.25) is 9.69 Å². The van der Waals surface area contributed by atoms with Crippen LogP contribution < -0.4 is 0 Å². The van der Waals surface area contributed by atoms with Crippen molar-refractivity contribution in [3.8, 4) is 0 Å². The molecule has 0 spiro atoms. The highest BCUT2D eigenvalue weighted by Gasteiger charge is 2.23. The molecule has 0 amide bonds. The van der Waals surface area contributed by atoms with Crippen molar-refractivity contribution in [2.24, 2.45) is 0 Å². The number of esters is 2. The number of nitrogens with zero attached hydrogens (tertiary/aromatic N) is 1. The molecule has 0 bridgehead atoms. The van der Waals surface area contributed by atoms with E-state index in [1.54, 1.807) is 0 Å². The van der Waals surface area contributed by atoms with Gasteiger partial charge in [-0.1, -0.05) is 19.9 Å². The molecule has 0 saturated carbocycles. The Kier molecular flexibility index (Phi) is 5.79. The quantitative estimate of drug-likeness (QED) is 0.376. The predicted molar refractivity (Wildman–Crippen MR) is 53.7 cm³/mol. The van der Waals surface area contributed by atoms with Crippen LogP contribution in [-0.4, -0.2) is 36.0 Å². The second-order valence-electron chi connectivity index (χ2n) is 2.81. The Morgan fingerprint density at radius 2 is 1.93 bits per heavy atom. The standard InChI is InChI=1S/C10H17NO3/c1-5-9(11(6-2)7-3)10(13)14-8(4)12/h5,9H,1,6-7H2,2-4H3. The highest BCUT2D eigenvalue weighted by atomic mass is 16.6. The zero-order chi connectivity index (χ0) is 11.1. The molecule has 0 N–H and O–H groups in total. The van der Waals surface area contributed by atoms with Gasteiger partial charge in [-0.05, 0) is 13.1 Å². The summed E-state index contributed by atoms with van der Waals surface area (Å²) in [5.74, 6) is -1.15. The third kappa shape index (κ3) is 3.70. The van der Waals surface area contributed by atoms with Crippen molar-refractivity contribution >= 4 is 11.9 Å². The molecule has 0 fully saturated rings. The van der Waals surface area contributed by atoms with Crippen molar-refractivity contribution < 1.29 is 14.3 Å². The molecular formula is C10H17NO3. The molecule has 0 rings (SSSR count). The Labute approximate surface area is 84.5 Å². The van der Waals surface area contributed by atoms with E-state index < -0.39 is 18.0 Å². The summed E-state index contributed by atoms with van der Waals surface area (Å²) in [6, 6.07) is -0.533. The lowest BCUT2D eigenvalue weighted by atomic mass is 10.2. The fourth-order valence-electron chi connectivity index (χ4n) is 1.21. The smallest absolute Gasteiger partial charge is 0.335 e. The maximum atomic E-state index is 11.4. The van der Waals surface area contributed by atoms with Crippen molar-refractivity contribution in [1.82, 2.24) is 4.90 Å². The average Bonchev–Trinajstić information content (AvgIpc) is 2.12. The van der Waals surface area contributed by atoms with Crippen LogP contribution in [0.3, 0.4) is 0 Å². The van der Waals surface area contributed by atoms with Crippen LogP contribution in [0.15, 0.2) is 12.7 Å². The molecule has 0 heterocycles. The molecule has 1 atom stereocenters. The van der Waals surface area contributed by atoms with E-state index in [0.29, 0.717) is 13.1 Å². The topological polar surface area (TPSA) is 46.6 Å². The van der Waals surface area contributed by atoms with Gasteiger partial charge in [0.05, 0.1) is 0 Å². The third-order valence-corrected chi connectivity index (χ3v) is 1.91. The number of carbonyl (C=O) groups is 2. The summed E-state index contributed by atoms with van der Waals surface area (Å²) in [6.45, 7) is 10.0. The maximum absolute atomic E-state index is 11.4. The first-order valence-corrected chi connectivity index (χ1v) is 4.65. The van der Waals surface area contributed by atoms with E-state index >= 15 is 0 Å². The van der Waals surface area contributed by atoms with Crippen molar-refractivity contribution in [2.75, 3.05) is 13.1 Å². The van der Waals surface area contributed by atoms with Crippen molar-refractivity contribution in [2.45, 2.75) is 26.8 Å². The summed E-state index contributed by atoms with van der Waals surface area (Å²) in [4.78, 5) is 23.8. The van der Waals surface area contributed by atoms with Gasteiger partial charge in [-0.2, -0.15) is 0 Å². The molecule has 0 radical (unpaired) electrons. The number of rotatable bonds is 5. The molecule has 0 aromatic rings. The van der Waals surface area contributed by atoms with Crippen LogP contribution >= 0.6 is 0 Å². The van der Waals surface area contributed by atoms with E-state index in [1.165, 1.54) is 13.0 Å². The normalized spacial score (nSPS) is 12.3. The van der Waals surface area contributed by atoms with E-state index in [2.05, 4.69) is 11.3 Å². The van der Waals surface area contributed by atoms with E-state index in [9.17, 15) is 9.59 Å². The predicted octanol–water partition coefficient (Wildman–Crippen LogP) is 0.972. The molecule has 0 aliphatic carbocycles. The Balaban J connectivity index is 4.45. The average molecular weight is 199 g/mol. The first-order valence-electron chi connectivity index (χ1n) is 4.65. The van der Waals surface area contributed by atoms with Crippen LogP contribution in [0.2, 0.25) is 0 Å². The second kappa shape index (κ2) is 6.32. The van der Waals surface area contributed by atoms with Gasteiger partial charge >= 0.3 is 11.9 Å². The SMILES string of the molecule is C=CC(C(=O)OC(C)=O)N(CC)CC. The van der Waals surface area contributed by atoms with E-state index in [4.69, 9.17) is 0 Å². The second-order valence-corrected chi connectivity index (χ2v) is 2.81. The van der Waals surface area contributed by atoms with Gasteiger partial charge in [0.2, 0.25) is 0 Å². The molecule has 1 unspecified atom stereocenters. The minimum Gasteiger partial charge on any atom is -0.392 e. The van der Waals surface area contributed by atoms with Crippen molar-refractivity contribution in [1.29, 1.82) is 0 Å². The molecule has 0 aromatic heterocycles. The van der Waals surface area contributed by atoms with Crippen LogP contribution in [-0.2, 0) is 14.3 Å². The van der Waals surface area contributed by atoms with E-state index in [-0.39, 0.29) is 0 Å². The molecule has 0 aliphatic heterocycles. The van der Waals surface area contributed by atoms with Gasteiger partial charge in [-0.25, -0.2) is 4.79 Å². The minimum atomic E-state index is -0.589. The summed E-state index contributed by atoms with van der Waals surface area (Å²) >= 11 is 0. The van der Waals surface area contributed by atoms with Gasteiger partial charge < -0.3 is 4.74 Å². The van der Waals surface area contributed by atoms with Crippen molar-refractivity contribution in [3.63, 3.8) is 0 Å². The van der Waals surface area contributed by atoms with E-state index in [1.807, 2.05) is 18.7 Å². The van der Waals surface area contributed by atoms with Gasteiger partial charge in [0, 0.05) is 6.92 Å². The summed E-state index contributed by atoms with van der Waals surface area (Å²) in [5, 5.41) is 0. The first kappa shape index (κ1) is 12.8. The number of hydrogen-bond acceptors (Lipinski definition) is 4. The lowest BCUT2D eigenvalue weighted by Gasteiger charge is -2.24. The molecule has 4 nitrogen and oxygen atoms in total. The Morgan fingerprint density at radius 3 is 2.21 bits per heavy atom. The van der Waals surface area contributed by atoms with Gasteiger partial charge in [-0.15, -0.1) is 6.58 Å². The fraction of sp³-hybridized carbons (Fsp3) is 0.600. The summed E-state index contributed by atoms with van der Waals surface area (Å²) in [7, 11) is 0. The van der Waals surface area contributed by atoms with Crippen LogP contribution in [0.4, 0.5) is 0 Å². The molecule has 0 aliphatic rings. The first-order chi connectivity index (χ1) is 6.56. The fourth-order valence-corrected chi connectivity index (χ4v) is 1.21. The van der Waals surface area contributed by atoms with Gasteiger partial charge in [0.1, 0.15) is 6.04 Å². The summed E-state index contributed by atoms with van der Waals surface area (Å²) < 4.78 is 4.50. The number of carbonyl (C=O) groups excluding carboxylic acids is 2.